The van der Waals surface area contributed by atoms with E-state index in [0.29, 0.717) is 29.6 Å². The van der Waals surface area contributed by atoms with E-state index in [1.54, 1.807) is 18.2 Å². The van der Waals surface area contributed by atoms with Crippen LogP contribution in [0.1, 0.15) is 62.2 Å². The summed E-state index contributed by atoms with van der Waals surface area (Å²) in [5.41, 5.74) is 7.04. The lowest BCUT2D eigenvalue weighted by atomic mass is 9.96. The Morgan fingerprint density at radius 2 is 1.90 bits per heavy atom. The van der Waals surface area contributed by atoms with E-state index in [1.165, 1.54) is 32.1 Å². The van der Waals surface area contributed by atoms with Gasteiger partial charge in [-0.2, -0.15) is 0 Å². The number of nitrogen functional groups attached to an aromatic ring is 1. The Morgan fingerprint density at radius 1 is 1.24 bits per heavy atom. The van der Waals surface area contributed by atoms with Gasteiger partial charge in [0.15, 0.2) is 0 Å². The first-order chi connectivity index (χ1) is 10.2. The second kappa shape index (κ2) is 7.91. The molecule has 0 aliphatic heterocycles. The van der Waals surface area contributed by atoms with Crippen LogP contribution in [0, 0.1) is 0 Å². The van der Waals surface area contributed by atoms with E-state index in [-0.39, 0.29) is 5.91 Å². The highest BCUT2D eigenvalue weighted by atomic mass is 16.5. The third-order valence-corrected chi connectivity index (χ3v) is 4.01. The molecular weight excluding hydrogens is 264 g/mol. The zero-order chi connectivity index (χ0) is 15.1. The van der Waals surface area contributed by atoms with Crippen LogP contribution in [-0.2, 0) is 0 Å². The summed E-state index contributed by atoms with van der Waals surface area (Å²) in [6.45, 7) is 2.48. The lowest BCUT2D eigenvalue weighted by Gasteiger charge is -2.21. The van der Waals surface area contributed by atoms with Gasteiger partial charge in [-0.3, -0.25) is 4.79 Å². The monoisotopic (exact) mass is 290 g/mol. The normalized spacial score (nSPS) is 16.8. The molecule has 1 saturated carbocycles. The highest BCUT2D eigenvalue weighted by Gasteiger charge is 2.16. The fourth-order valence-corrected chi connectivity index (χ4v) is 2.85. The number of hydrogen-bond acceptors (Lipinski definition) is 3. The van der Waals surface area contributed by atoms with Gasteiger partial charge in [0.25, 0.3) is 5.91 Å². The van der Waals surface area contributed by atoms with E-state index in [9.17, 15) is 4.79 Å². The number of ether oxygens (including phenoxy) is 1. The van der Waals surface area contributed by atoms with Crippen molar-refractivity contribution in [3.05, 3.63) is 23.8 Å². The van der Waals surface area contributed by atoms with Crippen molar-refractivity contribution in [2.75, 3.05) is 12.3 Å². The van der Waals surface area contributed by atoms with E-state index in [1.807, 2.05) is 6.92 Å². The van der Waals surface area contributed by atoms with Gasteiger partial charge >= 0.3 is 0 Å². The minimum atomic E-state index is -0.0321. The van der Waals surface area contributed by atoms with Crippen molar-refractivity contribution in [1.82, 2.24) is 5.32 Å². The molecule has 0 unspecified atom stereocenters. The molecule has 1 fully saturated rings. The molecule has 1 aromatic carbocycles. The maximum absolute atomic E-state index is 12.3. The first-order valence-electron chi connectivity index (χ1n) is 8.04. The molecule has 1 amide bonds. The molecule has 0 heterocycles. The Labute approximate surface area is 127 Å². The van der Waals surface area contributed by atoms with Gasteiger partial charge in [0, 0.05) is 11.6 Å². The van der Waals surface area contributed by atoms with E-state index in [4.69, 9.17) is 10.5 Å². The Hall–Kier alpha value is -1.71. The molecule has 0 spiro atoms. The first-order valence-corrected chi connectivity index (χ1v) is 8.04. The number of nitrogens with two attached hydrogens (primary N) is 1. The molecule has 1 aromatic rings. The molecule has 0 radical (unpaired) electrons. The van der Waals surface area contributed by atoms with Crippen LogP contribution in [0.4, 0.5) is 5.69 Å². The highest BCUT2D eigenvalue weighted by Crippen LogP contribution is 2.23. The fraction of sp³-hybridized carbons (Fsp3) is 0.588. The summed E-state index contributed by atoms with van der Waals surface area (Å²) in [5.74, 6) is 0.607. The van der Waals surface area contributed by atoms with E-state index in [2.05, 4.69) is 5.32 Å². The van der Waals surface area contributed by atoms with Crippen molar-refractivity contribution in [3.8, 4) is 5.75 Å². The maximum Gasteiger partial charge on any atom is 0.251 e. The van der Waals surface area contributed by atoms with Crippen LogP contribution in [0.3, 0.4) is 0 Å². The topological polar surface area (TPSA) is 64.3 Å². The predicted octanol–water partition coefficient (Wildman–Crippen LogP) is 3.51. The average molecular weight is 290 g/mol. The fourth-order valence-electron chi connectivity index (χ4n) is 2.85. The van der Waals surface area contributed by atoms with Gasteiger partial charge in [0.1, 0.15) is 5.75 Å². The van der Waals surface area contributed by atoms with Gasteiger partial charge in [-0.05, 0) is 38.0 Å². The lowest BCUT2D eigenvalue weighted by Crippen LogP contribution is -2.35. The molecule has 21 heavy (non-hydrogen) atoms. The third kappa shape index (κ3) is 4.66. The smallest absolute Gasteiger partial charge is 0.251 e. The van der Waals surface area contributed by atoms with Gasteiger partial charge in [-0.15, -0.1) is 0 Å². The molecule has 3 N–H and O–H groups in total. The van der Waals surface area contributed by atoms with Crippen LogP contribution in [0.25, 0.3) is 0 Å². The van der Waals surface area contributed by atoms with Crippen LogP contribution in [0.5, 0.6) is 5.75 Å². The molecule has 0 bridgehead atoms. The third-order valence-electron chi connectivity index (χ3n) is 4.01. The average Bonchev–Trinajstić information content (AvgIpc) is 2.44. The van der Waals surface area contributed by atoms with Gasteiger partial charge in [-0.25, -0.2) is 0 Å². The lowest BCUT2D eigenvalue weighted by molar-refractivity contribution is 0.0930. The molecule has 1 aliphatic carbocycles. The number of carbonyl (C=O) groups excluding carboxylic acids is 1. The molecule has 2 rings (SSSR count). The summed E-state index contributed by atoms with van der Waals surface area (Å²) in [4.78, 5) is 12.3. The largest absolute Gasteiger partial charge is 0.492 e. The van der Waals surface area contributed by atoms with Crippen LogP contribution in [-0.4, -0.2) is 18.6 Å². The molecule has 1 aliphatic rings. The Morgan fingerprint density at radius 3 is 2.52 bits per heavy atom. The number of carbonyl (C=O) groups is 1. The quantitative estimate of drug-likeness (QED) is 0.834. The van der Waals surface area contributed by atoms with Crippen LogP contribution >= 0.6 is 0 Å². The summed E-state index contributed by atoms with van der Waals surface area (Å²) >= 11 is 0. The van der Waals surface area contributed by atoms with Crippen molar-refractivity contribution in [2.45, 2.75) is 57.9 Å². The molecule has 0 aromatic heterocycles. The van der Waals surface area contributed by atoms with Crippen LogP contribution in [0.15, 0.2) is 18.2 Å². The number of rotatable bonds is 4. The summed E-state index contributed by atoms with van der Waals surface area (Å²) in [6.07, 6.45) is 8.46. The Bertz CT molecular complexity index is 466. The zero-order valence-electron chi connectivity index (χ0n) is 12.9. The highest BCUT2D eigenvalue weighted by molar-refractivity contribution is 5.95. The van der Waals surface area contributed by atoms with E-state index >= 15 is 0 Å². The molecule has 4 nitrogen and oxygen atoms in total. The summed E-state index contributed by atoms with van der Waals surface area (Å²) in [6, 6.07) is 5.54. The van der Waals surface area contributed by atoms with E-state index < -0.39 is 0 Å². The summed E-state index contributed by atoms with van der Waals surface area (Å²) in [5, 5.41) is 3.15. The van der Waals surface area contributed by atoms with Gasteiger partial charge in [0.2, 0.25) is 0 Å². The van der Waals surface area contributed by atoms with E-state index in [0.717, 1.165) is 12.8 Å². The maximum atomic E-state index is 12.3. The van der Waals surface area contributed by atoms with Crippen molar-refractivity contribution < 1.29 is 9.53 Å². The SMILES string of the molecule is CCOc1ccc(C(=O)NC2CCCCCCC2)cc1N. The van der Waals surface area contributed by atoms with Gasteiger partial charge in [-0.1, -0.05) is 32.1 Å². The van der Waals surface area contributed by atoms with Crippen LogP contribution in [0.2, 0.25) is 0 Å². The molecular formula is C17H26N2O2. The van der Waals surface area contributed by atoms with Gasteiger partial charge in [0.05, 0.1) is 12.3 Å². The minimum absolute atomic E-state index is 0.0321. The summed E-state index contributed by atoms with van der Waals surface area (Å²) < 4.78 is 5.40. The minimum Gasteiger partial charge on any atom is -0.492 e. The first kappa shape index (κ1) is 15.7. The second-order valence-corrected chi connectivity index (χ2v) is 5.70. The van der Waals surface area contributed by atoms with Crippen molar-refractivity contribution in [1.29, 1.82) is 0 Å². The zero-order valence-corrected chi connectivity index (χ0v) is 12.9. The number of hydrogen-bond donors (Lipinski definition) is 2. The van der Waals surface area contributed by atoms with Crippen molar-refractivity contribution >= 4 is 11.6 Å². The number of amides is 1. The molecule has 0 saturated heterocycles. The molecule has 116 valence electrons. The molecule has 0 atom stereocenters. The Balaban J connectivity index is 1.97. The summed E-state index contributed by atoms with van der Waals surface area (Å²) in [7, 11) is 0. The second-order valence-electron chi connectivity index (χ2n) is 5.70. The van der Waals surface area contributed by atoms with Crippen molar-refractivity contribution in [3.63, 3.8) is 0 Å². The standard InChI is InChI=1S/C17H26N2O2/c1-2-21-16-11-10-13(12-15(16)18)17(20)19-14-8-6-4-3-5-7-9-14/h10-12,14H,2-9,18H2,1H3,(H,19,20). The number of benzene rings is 1. The predicted molar refractivity (Wildman–Crippen MR) is 85.6 cm³/mol. The Kier molecular flexibility index (Phi) is 5.90. The van der Waals surface area contributed by atoms with Crippen molar-refractivity contribution in [2.24, 2.45) is 0 Å². The van der Waals surface area contributed by atoms with Crippen LogP contribution < -0.4 is 15.8 Å². The number of nitrogens with one attached hydrogen (secondary N) is 1. The number of anilines is 1. The molecule has 4 heteroatoms. The van der Waals surface area contributed by atoms with Gasteiger partial charge < -0.3 is 15.8 Å².